The highest BCUT2D eigenvalue weighted by atomic mass is 14.9. The molecule has 1 aromatic carbocycles. The molecule has 2 atom stereocenters. The van der Waals surface area contributed by atoms with Crippen molar-refractivity contribution in [1.82, 2.24) is 4.57 Å². The van der Waals surface area contributed by atoms with E-state index in [1.165, 1.54) is 29.4 Å². The maximum atomic E-state index is 2.46. The summed E-state index contributed by atoms with van der Waals surface area (Å²) in [6.45, 7) is 7.27. The molecule has 1 heteroatoms. The molecule has 5 rings (SSSR count). The van der Waals surface area contributed by atoms with E-state index in [0.717, 1.165) is 11.8 Å². The lowest BCUT2D eigenvalue weighted by Gasteiger charge is -2.57. The van der Waals surface area contributed by atoms with Gasteiger partial charge < -0.3 is 4.57 Å². The number of hydrogen-bond donors (Lipinski definition) is 0. The first-order chi connectivity index (χ1) is 9.50. The second-order valence-electron chi connectivity index (χ2n) is 7.35. The molecule has 1 heterocycles. The highest BCUT2D eigenvalue weighted by molar-refractivity contribution is 5.87. The molecule has 0 N–H and O–H groups in total. The molecule has 104 valence electrons. The summed E-state index contributed by atoms with van der Waals surface area (Å²) in [6.07, 6.45) is 2.68. The highest BCUT2D eigenvalue weighted by Gasteiger charge is 2.53. The van der Waals surface area contributed by atoms with Crippen LogP contribution in [-0.2, 0) is 7.05 Å². The summed E-state index contributed by atoms with van der Waals surface area (Å²) in [5, 5.41) is 1.37. The van der Waals surface area contributed by atoms with E-state index in [0.29, 0.717) is 5.41 Å². The van der Waals surface area contributed by atoms with Crippen LogP contribution in [0.15, 0.2) is 35.9 Å². The van der Waals surface area contributed by atoms with Crippen molar-refractivity contribution in [1.29, 1.82) is 0 Å². The molecule has 1 aromatic heterocycles. The molecule has 0 aliphatic heterocycles. The Morgan fingerprint density at radius 1 is 1.20 bits per heavy atom. The van der Waals surface area contributed by atoms with Gasteiger partial charge in [0.05, 0.1) is 0 Å². The average Bonchev–Trinajstić information content (AvgIpc) is 2.76. The number of rotatable bonds is 1. The van der Waals surface area contributed by atoms with Crippen LogP contribution < -0.4 is 0 Å². The topological polar surface area (TPSA) is 4.93 Å². The minimum atomic E-state index is 0.491. The normalized spacial score (nSPS) is 27.8. The van der Waals surface area contributed by atoms with Crippen molar-refractivity contribution < 1.29 is 0 Å². The zero-order valence-electron chi connectivity index (χ0n) is 12.9. The fourth-order valence-corrected chi connectivity index (χ4v) is 4.57. The molecular formula is C19H23N. The molecule has 3 aliphatic rings. The van der Waals surface area contributed by atoms with Crippen molar-refractivity contribution in [3.8, 4) is 0 Å². The van der Waals surface area contributed by atoms with Crippen LogP contribution in [0.3, 0.4) is 0 Å². The average molecular weight is 265 g/mol. The second-order valence-corrected chi connectivity index (χ2v) is 7.35. The van der Waals surface area contributed by atoms with Gasteiger partial charge in [-0.15, -0.1) is 0 Å². The van der Waals surface area contributed by atoms with Gasteiger partial charge in [0.15, 0.2) is 0 Å². The van der Waals surface area contributed by atoms with E-state index in [1.807, 2.05) is 0 Å². The summed E-state index contributed by atoms with van der Waals surface area (Å²) in [7, 11) is 2.22. The molecule has 0 unspecified atom stereocenters. The third-order valence-corrected chi connectivity index (χ3v) is 6.06. The number of fused-ring (bicyclic) bond motifs is 2. The minimum Gasteiger partial charge on any atom is -0.344 e. The fourth-order valence-electron chi connectivity index (χ4n) is 4.57. The van der Waals surface area contributed by atoms with Gasteiger partial charge >= 0.3 is 0 Å². The predicted octanol–water partition coefficient (Wildman–Crippen LogP) is 5.02. The lowest BCUT2D eigenvalue weighted by Crippen LogP contribution is -2.48. The van der Waals surface area contributed by atoms with E-state index < -0.39 is 0 Å². The Hall–Kier alpha value is -1.50. The molecule has 1 fully saturated rings. The van der Waals surface area contributed by atoms with Crippen LogP contribution in [0.25, 0.3) is 16.5 Å². The first kappa shape index (κ1) is 12.3. The zero-order chi connectivity index (χ0) is 14.1. The zero-order valence-corrected chi connectivity index (χ0v) is 12.9. The third-order valence-electron chi connectivity index (χ3n) is 6.06. The maximum Gasteiger partial charge on any atom is 0.0482 e. The molecule has 1 nitrogen and oxygen atoms in total. The maximum absolute atomic E-state index is 2.46. The Balaban J connectivity index is 1.93. The van der Waals surface area contributed by atoms with E-state index in [1.54, 1.807) is 11.1 Å². The number of aryl methyl sites for hydroxylation is 1. The van der Waals surface area contributed by atoms with Crippen LogP contribution in [0.2, 0.25) is 0 Å². The molecule has 2 bridgehead atoms. The third kappa shape index (κ3) is 1.38. The van der Waals surface area contributed by atoms with Gasteiger partial charge in [-0.1, -0.05) is 37.6 Å². The van der Waals surface area contributed by atoms with E-state index in [-0.39, 0.29) is 0 Å². The second kappa shape index (κ2) is 3.78. The van der Waals surface area contributed by atoms with E-state index in [9.17, 15) is 0 Å². The number of benzene rings is 1. The quantitative estimate of drug-likeness (QED) is 0.682. The van der Waals surface area contributed by atoms with Crippen molar-refractivity contribution in [3.05, 3.63) is 41.6 Å². The molecule has 20 heavy (non-hydrogen) atoms. The van der Waals surface area contributed by atoms with Gasteiger partial charge in [0.1, 0.15) is 0 Å². The summed E-state index contributed by atoms with van der Waals surface area (Å²) in [5.74, 6) is 1.66. The molecular weight excluding hydrogens is 242 g/mol. The molecule has 2 aromatic rings. The molecule has 0 saturated heterocycles. The van der Waals surface area contributed by atoms with Crippen molar-refractivity contribution in [2.45, 2.75) is 33.6 Å². The van der Waals surface area contributed by atoms with Crippen LogP contribution in [0, 0.1) is 17.3 Å². The Kier molecular flexibility index (Phi) is 2.32. The van der Waals surface area contributed by atoms with E-state index in [2.05, 4.69) is 62.7 Å². The lowest BCUT2D eigenvalue weighted by atomic mass is 9.47. The first-order valence-electron chi connectivity index (χ1n) is 7.74. The summed E-state index contributed by atoms with van der Waals surface area (Å²) in [4.78, 5) is 0. The molecule has 0 spiro atoms. The number of aromatic nitrogens is 1. The number of para-hydroxylation sites is 1. The van der Waals surface area contributed by atoms with Crippen LogP contribution in [-0.4, -0.2) is 4.57 Å². The van der Waals surface area contributed by atoms with Gasteiger partial charge in [0.25, 0.3) is 0 Å². The van der Waals surface area contributed by atoms with Crippen molar-refractivity contribution in [2.75, 3.05) is 0 Å². The van der Waals surface area contributed by atoms with Crippen LogP contribution >= 0.6 is 0 Å². The van der Waals surface area contributed by atoms with E-state index in [4.69, 9.17) is 0 Å². The van der Waals surface area contributed by atoms with Gasteiger partial charge in [-0.2, -0.15) is 0 Å². The Labute approximate surface area is 121 Å². The van der Waals surface area contributed by atoms with E-state index >= 15 is 0 Å². The van der Waals surface area contributed by atoms with Gasteiger partial charge in [0, 0.05) is 23.6 Å². The summed E-state index contributed by atoms with van der Waals surface area (Å²) in [5.41, 5.74) is 6.54. The molecule has 0 amide bonds. The van der Waals surface area contributed by atoms with Crippen LogP contribution in [0.4, 0.5) is 0 Å². The molecule has 0 radical (unpaired) electrons. The monoisotopic (exact) mass is 265 g/mol. The van der Waals surface area contributed by atoms with Crippen LogP contribution in [0.1, 0.15) is 39.3 Å². The van der Waals surface area contributed by atoms with Crippen molar-refractivity contribution in [3.63, 3.8) is 0 Å². The first-order valence-corrected chi connectivity index (χ1v) is 7.74. The Morgan fingerprint density at radius 2 is 1.95 bits per heavy atom. The molecule has 1 saturated carbocycles. The Bertz CT molecular complexity index is 729. The number of allylic oxidation sites excluding steroid dienone is 2. The summed E-state index contributed by atoms with van der Waals surface area (Å²) < 4.78 is 2.39. The summed E-state index contributed by atoms with van der Waals surface area (Å²) in [6, 6.07) is 11.1. The molecule has 3 aliphatic carbocycles. The SMILES string of the molecule is CC1=C(c2cc3ccccc3n2C)[C@@H]2C[C@H](C1)C2(C)C. The van der Waals surface area contributed by atoms with Gasteiger partial charge in [-0.3, -0.25) is 0 Å². The fraction of sp³-hybridized carbons (Fsp3) is 0.474. The van der Waals surface area contributed by atoms with Crippen molar-refractivity contribution in [2.24, 2.45) is 24.3 Å². The van der Waals surface area contributed by atoms with Gasteiger partial charge in [-0.25, -0.2) is 0 Å². The minimum absolute atomic E-state index is 0.491. The smallest absolute Gasteiger partial charge is 0.0482 e. The van der Waals surface area contributed by atoms with Gasteiger partial charge in [0.2, 0.25) is 0 Å². The predicted molar refractivity (Wildman–Crippen MR) is 85.5 cm³/mol. The highest BCUT2D eigenvalue weighted by Crippen LogP contribution is 2.63. The Morgan fingerprint density at radius 3 is 2.65 bits per heavy atom. The van der Waals surface area contributed by atoms with Crippen LogP contribution in [0.5, 0.6) is 0 Å². The number of hydrogen-bond acceptors (Lipinski definition) is 0. The standard InChI is InChI=1S/C19H23N/c1-12-9-14-11-15(19(14,2)3)18(12)17-10-13-7-5-6-8-16(13)20(17)4/h5-8,10,14-15H,9,11H2,1-4H3/t14-,15-/m0/s1. The lowest BCUT2D eigenvalue weighted by molar-refractivity contribution is 0.00737. The largest absolute Gasteiger partial charge is 0.344 e. The summed E-state index contributed by atoms with van der Waals surface area (Å²) >= 11 is 0. The van der Waals surface area contributed by atoms with Gasteiger partial charge in [-0.05, 0) is 54.7 Å². The van der Waals surface area contributed by atoms with Crippen molar-refractivity contribution >= 4 is 16.5 Å². The number of nitrogens with zero attached hydrogens (tertiary/aromatic N) is 1.